The van der Waals surface area contributed by atoms with Crippen LogP contribution >= 0.6 is 0 Å². The molecule has 0 spiro atoms. The van der Waals surface area contributed by atoms with Crippen LogP contribution in [0, 0.1) is 0 Å². The van der Waals surface area contributed by atoms with Crippen LogP contribution in [0.1, 0.15) is 31.4 Å². The van der Waals surface area contributed by atoms with E-state index in [-0.39, 0.29) is 0 Å². The average Bonchev–Trinajstić information content (AvgIpc) is 2.37. The first-order valence-electron chi connectivity index (χ1n) is 6.03. The Kier molecular flexibility index (Phi) is 5.88. The van der Waals surface area contributed by atoms with Crippen LogP contribution in [0.15, 0.2) is 30.3 Å². The highest BCUT2D eigenvalue weighted by atomic mass is 16.3. The molecular weight excluding hydrogens is 229 g/mol. The van der Waals surface area contributed by atoms with Crippen LogP contribution in [0.4, 0.5) is 4.79 Å². The summed E-state index contributed by atoms with van der Waals surface area (Å²) in [6.45, 7) is 1.93. The summed E-state index contributed by atoms with van der Waals surface area (Å²) in [4.78, 5) is 10.9. The zero-order chi connectivity index (χ0) is 13.5. The van der Waals surface area contributed by atoms with E-state index >= 15 is 0 Å². The fourth-order valence-electron chi connectivity index (χ4n) is 1.89. The lowest BCUT2D eigenvalue weighted by molar-refractivity contribution is -0.00413. The predicted molar refractivity (Wildman–Crippen MR) is 70.4 cm³/mol. The first-order chi connectivity index (χ1) is 8.56. The summed E-state index contributed by atoms with van der Waals surface area (Å²) in [6.07, 6.45) is -0.813. The molecule has 1 amide bonds. The van der Waals surface area contributed by atoms with Crippen molar-refractivity contribution in [1.29, 1.82) is 0 Å². The van der Waals surface area contributed by atoms with Gasteiger partial charge in [-0.3, -0.25) is 4.79 Å². The Balaban J connectivity index is 2.75. The number of aliphatic hydroxyl groups excluding tert-OH is 2. The van der Waals surface area contributed by atoms with E-state index in [4.69, 9.17) is 7.85 Å². The van der Waals surface area contributed by atoms with Crippen LogP contribution in [0.3, 0.4) is 0 Å². The maximum Gasteiger partial charge on any atom is 0.200 e. The minimum atomic E-state index is -1.08. The SMILES string of the molecule is [B]C(=O)N[C@@H](CCC)C(O)C(O)c1ccccc1. The molecule has 5 heteroatoms. The highest BCUT2D eigenvalue weighted by Gasteiger charge is 2.27. The fourth-order valence-corrected chi connectivity index (χ4v) is 1.89. The summed E-state index contributed by atoms with van der Waals surface area (Å²) in [5, 5.41) is 22.6. The van der Waals surface area contributed by atoms with Crippen molar-refractivity contribution >= 4 is 13.7 Å². The number of amides is 1. The molecule has 0 fully saturated rings. The highest BCUT2D eigenvalue weighted by molar-refractivity contribution is 6.57. The molecule has 0 saturated heterocycles. The molecule has 0 bridgehead atoms. The lowest BCUT2D eigenvalue weighted by atomic mass is 9.95. The molecule has 3 atom stereocenters. The molecule has 0 aliphatic rings. The van der Waals surface area contributed by atoms with Crippen LogP contribution in [0.25, 0.3) is 0 Å². The number of carbonyl (C=O) groups excluding carboxylic acids is 1. The zero-order valence-corrected chi connectivity index (χ0v) is 10.4. The van der Waals surface area contributed by atoms with Gasteiger partial charge in [-0.2, -0.15) is 0 Å². The van der Waals surface area contributed by atoms with Crippen molar-refractivity contribution in [3.63, 3.8) is 0 Å². The Labute approximate surface area is 108 Å². The predicted octanol–water partition coefficient (Wildman–Crippen LogP) is 1.13. The van der Waals surface area contributed by atoms with E-state index in [1.807, 2.05) is 13.0 Å². The first-order valence-corrected chi connectivity index (χ1v) is 6.03. The van der Waals surface area contributed by atoms with Gasteiger partial charge in [0.25, 0.3) is 0 Å². The summed E-state index contributed by atoms with van der Waals surface area (Å²) in [5.41, 5.74) is 0.609. The van der Waals surface area contributed by atoms with Gasteiger partial charge in [0.15, 0.2) is 5.81 Å². The molecule has 2 unspecified atom stereocenters. The van der Waals surface area contributed by atoms with Gasteiger partial charge in [0.05, 0.1) is 6.04 Å². The minimum Gasteiger partial charge on any atom is -0.388 e. The Hall–Kier alpha value is -1.33. The van der Waals surface area contributed by atoms with Crippen molar-refractivity contribution in [3.8, 4) is 0 Å². The van der Waals surface area contributed by atoms with E-state index in [9.17, 15) is 15.0 Å². The van der Waals surface area contributed by atoms with Crippen molar-refractivity contribution in [1.82, 2.24) is 5.32 Å². The lowest BCUT2D eigenvalue weighted by Gasteiger charge is -2.27. The topological polar surface area (TPSA) is 69.6 Å². The van der Waals surface area contributed by atoms with Crippen molar-refractivity contribution in [2.24, 2.45) is 0 Å². The van der Waals surface area contributed by atoms with E-state index in [0.717, 1.165) is 6.42 Å². The molecule has 1 aromatic carbocycles. The molecule has 4 nitrogen and oxygen atoms in total. The van der Waals surface area contributed by atoms with Gasteiger partial charge in [0.1, 0.15) is 12.2 Å². The van der Waals surface area contributed by atoms with Crippen molar-refractivity contribution in [3.05, 3.63) is 35.9 Å². The second-order valence-corrected chi connectivity index (χ2v) is 4.25. The van der Waals surface area contributed by atoms with Crippen molar-refractivity contribution < 1.29 is 15.0 Å². The van der Waals surface area contributed by atoms with E-state index in [0.29, 0.717) is 12.0 Å². The molecular formula is C13H18BNO3. The van der Waals surface area contributed by atoms with Gasteiger partial charge in [0, 0.05) is 0 Å². The van der Waals surface area contributed by atoms with Crippen LogP contribution in [0.2, 0.25) is 0 Å². The number of benzene rings is 1. The largest absolute Gasteiger partial charge is 0.388 e. The Morgan fingerprint density at radius 3 is 2.44 bits per heavy atom. The number of hydrogen-bond donors (Lipinski definition) is 3. The summed E-state index contributed by atoms with van der Waals surface area (Å²) in [5.74, 6) is -0.701. The van der Waals surface area contributed by atoms with Gasteiger partial charge in [-0.15, -0.1) is 0 Å². The van der Waals surface area contributed by atoms with Gasteiger partial charge >= 0.3 is 0 Å². The number of nitrogens with one attached hydrogen (secondary N) is 1. The second-order valence-electron chi connectivity index (χ2n) is 4.25. The molecule has 3 N–H and O–H groups in total. The van der Waals surface area contributed by atoms with E-state index < -0.39 is 24.1 Å². The van der Waals surface area contributed by atoms with Crippen molar-refractivity contribution in [2.45, 2.75) is 38.0 Å². The first kappa shape index (κ1) is 14.7. The fraction of sp³-hybridized carbons (Fsp3) is 0.462. The van der Waals surface area contributed by atoms with E-state index in [1.165, 1.54) is 0 Å². The molecule has 96 valence electrons. The van der Waals surface area contributed by atoms with Gasteiger partial charge in [0.2, 0.25) is 7.85 Å². The monoisotopic (exact) mass is 247 g/mol. The molecule has 0 heterocycles. The van der Waals surface area contributed by atoms with Crippen LogP contribution in [-0.2, 0) is 0 Å². The van der Waals surface area contributed by atoms with Gasteiger partial charge in [-0.25, -0.2) is 0 Å². The standard InChI is InChI=1S/C13H18BNO3/c1-2-6-10(15-13(14)18)12(17)11(16)9-7-4-3-5-8-9/h3-5,7-8,10-12,16-17H,2,6H2,1H3,(H,15,18)/t10-,11?,12?/m0/s1. The lowest BCUT2D eigenvalue weighted by Crippen LogP contribution is -2.45. The van der Waals surface area contributed by atoms with Crippen LogP contribution in [-0.4, -0.2) is 36.0 Å². The third kappa shape index (κ3) is 4.16. The molecule has 18 heavy (non-hydrogen) atoms. The Morgan fingerprint density at radius 1 is 1.33 bits per heavy atom. The molecule has 0 aliphatic heterocycles. The third-order valence-electron chi connectivity index (χ3n) is 2.80. The second kappa shape index (κ2) is 7.19. The minimum absolute atomic E-state index is 0.550. The van der Waals surface area contributed by atoms with Gasteiger partial charge in [-0.1, -0.05) is 43.7 Å². The van der Waals surface area contributed by atoms with Gasteiger partial charge < -0.3 is 15.5 Å². The summed E-state index contributed by atoms with van der Waals surface area (Å²) < 4.78 is 0. The molecule has 0 saturated carbocycles. The van der Waals surface area contributed by atoms with Gasteiger partial charge in [-0.05, 0) is 12.0 Å². The average molecular weight is 247 g/mol. The highest BCUT2D eigenvalue weighted by Crippen LogP contribution is 2.20. The summed E-state index contributed by atoms with van der Waals surface area (Å²) in [6, 6.07) is 8.28. The summed E-state index contributed by atoms with van der Waals surface area (Å²) in [7, 11) is 5.06. The number of carbonyl (C=O) groups is 1. The van der Waals surface area contributed by atoms with Crippen LogP contribution < -0.4 is 5.32 Å². The molecule has 0 aromatic heterocycles. The summed E-state index contributed by atoms with van der Waals surface area (Å²) >= 11 is 0. The Bertz CT molecular complexity index is 372. The van der Waals surface area contributed by atoms with E-state index in [2.05, 4.69) is 5.32 Å². The van der Waals surface area contributed by atoms with E-state index in [1.54, 1.807) is 24.3 Å². The van der Waals surface area contributed by atoms with Crippen LogP contribution in [0.5, 0.6) is 0 Å². The molecule has 0 aliphatic carbocycles. The normalized spacial score (nSPS) is 15.7. The smallest absolute Gasteiger partial charge is 0.200 e. The quantitative estimate of drug-likeness (QED) is 0.660. The third-order valence-corrected chi connectivity index (χ3v) is 2.80. The maximum atomic E-state index is 10.9. The number of hydrogen-bond acceptors (Lipinski definition) is 3. The van der Waals surface area contributed by atoms with Crippen molar-refractivity contribution in [2.75, 3.05) is 0 Å². The Morgan fingerprint density at radius 2 is 1.94 bits per heavy atom. The molecule has 1 rings (SSSR count). The zero-order valence-electron chi connectivity index (χ0n) is 10.4. The maximum absolute atomic E-state index is 10.9. The molecule has 1 aromatic rings. The number of rotatable bonds is 6. The molecule has 2 radical (unpaired) electrons. The number of aliphatic hydroxyl groups is 2.